The number of imidazole rings is 1. The van der Waals surface area contributed by atoms with Gasteiger partial charge in [-0.1, -0.05) is 30.3 Å². The van der Waals surface area contributed by atoms with Crippen molar-refractivity contribution in [1.82, 2.24) is 9.97 Å². The zero-order valence-electron chi connectivity index (χ0n) is 17.9. The summed E-state index contributed by atoms with van der Waals surface area (Å²) in [7, 11) is 0. The SMILES string of the molecule is Cc1nc2c([nH]1)-c1ccccc1N(C(=O)c1ccc(NC(=O)c3ccccc3F)cc1)CC2. The number of carbonyl (C=O) groups is 2. The minimum absolute atomic E-state index is 0.0362. The summed E-state index contributed by atoms with van der Waals surface area (Å²) >= 11 is 0. The fourth-order valence-electron chi connectivity index (χ4n) is 4.11. The topological polar surface area (TPSA) is 78.1 Å². The summed E-state index contributed by atoms with van der Waals surface area (Å²) in [6, 6.07) is 20.2. The van der Waals surface area contributed by atoms with Gasteiger partial charge < -0.3 is 15.2 Å². The largest absolute Gasteiger partial charge is 0.342 e. The van der Waals surface area contributed by atoms with Gasteiger partial charge in [0.2, 0.25) is 0 Å². The minimum atomic E-state index is -0.587. The molecule has 0 bridgehead atoms. The second kappa shape index (κ2) is 8.35. The molecule has 5 rings (SSSR count). The van der Waals surface area contributed by atoms with Crippen LogP contribution in [0.2, 0.25) is 0 Å². The Balaban J connectivity index is 1.39. The number of benzene rings is 3. The van der Waals surface area contributed by atoms with E-state index in [0.29, 0.717) is 24.2 Å². The molecular weight excluding hydrogens is 419 g/mol. The summed E-state index contributed by atoms with van der Waals surface area (Å²) in [5.41, 5.74) is 4.58. The Morgan fingerprint density at radius 2 is 1.73 bits per heavy atom. The minimum Gasteiger partial charge on any atom is -0.342 e. The molecule has 0 saturated carbocycles. The average molecular weight is 440 g/mol. The zero-order chi connectivity index (χ0) is 22.9. The first kappa shape index (κ1) is 20.6. The van der Waals surface area contributed by atoms with Crippen LogP contribution >= 0.6 is 0 Å². The van der Waals surface area contributed by atoms with E-state index in [9.17, 15) is 14.0 Å². The molecule has 0 aliphatic carbocycles. The molecule has 1 aliphatic heterocycles. The molecule has 0 fully saturated rings. The third kappa shape index (κ3) is 3.89. The number of halogens is 1. The summed E-state index contributed by atoms with van der Waals surface area (Å²) in [6.45, 7) is 2.42. The number of carbonyl (C=O) groups excluding carboxylic acids is 2. The molecule has 1 aliphatic rings. The lowest BCUT2D eigenvalue weighted by Gasteiger charge is -2.23. The van der Waals surface area contributed by atoms with Crippen molar-refractivity contribution in [2.24, 2.45) is 0 Å². The van der Waals surface area contributed by atoms with E-state index >= 15 is 0 Å². The smallest absolute Gasteiger partial charge is 0.258 e. The predicted octanol–water partition coefficient (Wildman–Crippen LogP) is 4.98. The lowest BCUT2D eigenvalue weighted by Crippen LogP contribution is -2.32. The Bertz CT molecular complexity index is 1360. The number of nitrogens with one attached hydrogen (secondary N) is 2. The predicted molar refractivity (Wildman–Crippen MR) is 125 cm³/mol. The van der Waals surface area contributed by atoms with Crippen molar-refractivity contribution in [2.75, 3.05) is 16.8 Å². The maximum absolute atomic E-state index is 13.9. The second-order valence-electron chi connectivity index (χ2n) is 7.88. The highest BCUT2D eigenvalue weighted by Crippen LogP contribution is 2.35. The first-order chi connectivity index (χ1) is 16.0. The quantitative estimate of drug-likeness (QED) is 0.472. The summed E-state index contributed by atoms with van der Waals surface area (Å²) in [4.78, 5) is 35.4. The van der Waals surface area contributed by atoms with Crippen LogP contribution in [0.4, 0.5) is 15.8 Å². The summed E-state index contributed by atoms with van der Waals surface area (Å²) < 4.78 is 13.9. The molecule has 2 heterocycles. The van der Waals surface area contributed by atoms with Gasteiger partial charge in [-0.05, 0) is 49.4 Å². The molecule has 0 unspecified atom stereocenters. The van der Waals surface area contributed by atoms with E-state index in [1.165, 1.54) is 18.2 Å². The molecule has 2 N–H and O–H groups in total. The molecule has 164 valence electrons. The van der Waals surface area contributed by atoms with Crippen LogP contribution in [0.5, 0.6) is 0 Å². The van der Waals surface area contributed by atoms with Gasteiger partial charge in [0.05, 0.1) is 22.6 Å². The van der Waals surface area contributed by atoms with E-state index in [2.05, 4.69) is 15.3 Å². The monoisotopic (exact) mass is 440 g/mol. The van der Waals surface area contributed by atoms with Crippen molar-refractivity contribution in [1.29, 1.82) is 0 Å². The molecular formula is C26H21FN4O2. The third-order valence-corrected chi connectivity index (χ3v) is 5.69. The number of hydrogen-bond acceptors (Lipinski definition) is 3. The normalized spacial score (nSPS) is 12.5. The van der Waals surface area contributed by atoms with E-state index in [1.54, 1.807) is 35.2 Å². The summed E-state index contributed by atoms with van der Waals surface area (Å²) in [5.74, 6) is -0.424. The molecule has 33 heavy (non-hydrogen) atoms. The third-order valence-electron chi connectivity index (χ3n) is 5.69. The van der Waals surface area contributed by atoms with E-state index in [-0.39, 0.29) is 11.5 Å². The van der Waals surface area contributed by atoms with Crippen molar-refractivity contribution < 1.29 is 14.0 Å². The molecule has 2 amide bonds. The molecule has 0 atom stereocenters. The van der Waals surface area contributed by atoms with Gasteiger partial charge in [-0.3, -0.25) is 9.59 Å². The number of aromatic amines is 1. The maximum Gasteiger partial charge on any atom is 0.258 e. The Kier molecular flexibility index (Phi) is 5.22. The van der Waals surface area contributed by atoms with Gasteiger partial charge >= 0.3 is 0 Å². The lowest BCUT2D eigenvalue weighted by molar-refractivity contribution is 0.0986. The van der Waals surface area contributed by atoms with Crippen molar-refractivity contribution in [3.63, 3.8) is 0 Å². The lowest BCUT2D eigenvalue weighted by atomic mass is 10.1. The van der Waals surface area contributed by atoms with Gasteiger partial charge in [0.25, 0.3) is 11.8 Å². The number of amides is 2. The average Bonchev–Trinajstić information content (AvgIpc) is 3.13. The first-order valence-corrected chi connectivity index (χ1v) is 10.6. The number of rotatable bonds is 3. The molecule has 4 aromatic rings. The van der Waals surface area contributed by atoms with E-state index in [0.717, 1.165) is 28.5 Å². The van der Waals surface area contributed by atoms with Crippen LogP contribution in [0, 0.1) is 12.7 Å². The van der Waals surface area contributed by atoms with E-state index in [1.807, 2.05) is 31.2 Å². The number of anilines is 2. The van der Waals surface area contributed by atoms with Crippen molar-refractivity contribution in [3.8, 4) is 11.3 Å². The van der Waals surface area contributed by atoms with Gasteiger partial charge in [0, 0.05) is 29.8 Å². The van der Waals surface area contributed by atoms with Crippen LogP contribution in [0.25, 0.3) is 11.3 Å². The molecule has 0 spiro atoms. The number of hydrogen-bond donors (Lipinski definition) is 2. The summed E-state index contributed by atoms with van der Waals surface area (Å²) in [5, 5.41) is 2.67. The van der Waals surface area contributed by atoms with Crippen LogP contribution < -0.4 is 10.2 Å². The number of H-pyrrole nitrogens is 1. The van der Waals surface area contributed by atoms with Crippen LogP contribution in [0.15, 0.2) is 72.8 Å². The van der Waals surface area contributed by atoms with Crippen LogP contribution in [0.3, 0.4) is 0 Å². The Hall–Kier alpha value is -4.26. The fraction of sp³-hybridized carbons (Fsp3) is 0.115. The molecule has 6 nitrogen and oxygen atoms in total. The van der Waals surface area contributed by atoms with Gasteiger partial charge in [-0.2, -0.15) is 0 Å². The Morgan fingerprint density at radius 1 is 1.00 bits per heavy atom. The summed E-state index contributed by atoms with van der Waals surface area (Å²) in [6.07, 6.45) is 0.636. The highest BCUT2D eigenvalue weighted by Gasteiger charge is 2.26. The maximum atomic E-state index is 13.9. The fourth-order valence-corrected chi connectivity index (χ4v) is 4.11. The van der Waals surface area contributed by atoms with Gasteiger partial charge in [0.15, 0.2) is 0 Å². The second-order valence-corrected chi connectivity index (χ2v) is 7.88. The molecule has 0 radical (unpaired) electrons. The van der Waals surface area contributed by atoms with Gasteiger partial charge in [-0.25, -0.2) is 9.37 Å². The van der Waals surface area contributed by atoms with Crippen molar-refractivity contribution in [2.45, 2.75) is 13.3 Å². The first-order valence-electron chi connectivity index (χ1n) is 10.6. The molecule has 7 heteroatoms. The van der Waals surface area contributed by atoms with Crippen molar-refractivity contribution >= 4 is 23.2 Å². The van der Waals surface area contributed by atoms with Crippen LogP contribution in [-0.4, -0.2) is 28.3 Å². The Labute approximate surface area is 190 Å². The number of aryl methyl sites for hydroxylation is 1. The number of fused-ring (bicyclic) bond motifs is 3. The van der Waals surface area contributed by atoms with Gasteiger partial charge in [-0.15, -0.1) is 0 Å². The van der Waals surface area contributed by atoms with E-state index < -0.39 is 11.7 Å². The molecule has 1 aromatic heterocycles. The Morgan fingerprint density at radius 3 is 2.52 bits per heavy atom. The van der Waals surface area contributed by atoms with E-state index in [4.69, 9.17) is 0 Å². The van der Waals surface area contributed by atoms with Crippen molar-refractivity contribution in [3.05, 3.63) is 101 Å². The highest BCUT2D eigenvalue weighted by atomic mass is 19.1. The molecule has 3 aromatic carbocycles. The number of aromatic nitrogens is 2. The zero-order valence-corrected chi connectivity index (χ0v) is 17.9. The number of para-hydroxylation sites is 1. The van der Waals surface area contributed by atoms with Crippen LogP contribution in [-0.2, 0) is 6.42 Å². The molecule has 0 saturated heterocycles. The van der Waals surface area contributed by atoms with Gasteiger partial charge in [0.1, 0.15) is 11.6 Å². The standard InChI is InChI=1S/C26H21FN4O2/c1-16-28-22-14-15-31(23-9-5-3-7-20(23)24(22)29-16)26(33)17-10-12-18(13-11-17)30-25(32)19-6-2-4-8-21(19)27/h2-13H,14-15H2,1H3,(H,28,29)(H,30,32). The highest BCUT2D eigenvalue weighted by molar-refractivity contribution is 6.09. The van der Waals surface area contributed by atoms with Crippen LogP contribution in [0.1, 0.15) is 32.2 Å². The number of nitrogens with zero attached hydrogens (tertiary/aromatic N) is 2.